The molecule has 2 atom stereocenters. The van der Waals surface area contributed by atoms with E-state index in [0.29, 0.717) is 17.7 Å². The fourth-order valence-electron chi connectivity index (χ4n) is 3.61. The number of nitrogens with zero attached hydrogens (tertiary/aromatic N) is 2. The maximum atomic E-state index is 13.3. The molecule has 0 bridgehead atoms. The number of hydrogen-bond donors (Lipinski definition) is 2. The Labute approximate surface area is 195 Å². The fraction of sp³-hybridized carbons (Fsp3) is 0.375. The van der Waals surface area contributed by atoms with Crippen LogP contribution in [0, 0.1) is 19.8 Å². The summed E-state index contributed by atoms with van der Waals surface area (Å²) in [5.41, 5.74) is 3.17. The summed E-state index contributed by atoms with van der Waals surface area (Å²) in [6.07, 6.45) is 0.657. The van der Waals surface area contributed by atoms with Crippen LogP contribution in [0.2, 0.25) is 0 Å². The van der Waals surface area contributed by atoms with Gasteiger partial charge in [-0.1, -0.05) is 44.5 Å². The van der Waals surface area contributed by atoms with Crippen molar-refractivity contribution in [2.75, 3.05) is 18.9 Å². The van der Waals surface area contributed by atoms with Crippen LogP contribution in [0.3, 0.4) is 0 Å². The van der Waals surface area contributed by atoms with Crippen LogP contribution in [0.15, 0.2) is 52.4 Å². The van der Waals surface area contributed by atoms with E-state index in [1.54, 1.807) is 25.2 Å². The maximum Gasteiger partial charge on any atom is 0.263 e. The summed E-state index contributed by atoms with van der Waals surface area (Å²) in [4.78, 5) is 31.9. The number of rotatable bonds is 7. The quantitative estimate of drug-likeness (QED) is 0.649. The SMILES string of the molecule is CC[C@H](C)[C@H](N=C1NS(=O)(=O)c2ccccc21)C(=O)N(C)CC(=O)Nc1cccc(C)c1C. The van der Waals surface area contributed by atoms with Crippen LogP contribution in [0.1, 0.15) is 37.0 Å². The minimum atomic E-state index is -3.71. The number of carbonyl (C=O) groups is 2. The molecule has 1 heterocycles. The molecule has 0 radical (unpaired) electrons. The second-order valence-electron chi connectivity index (χ2n) is 8.40. The summed E-state index contributed by atoms with van der Waals surface area (Å²) in [7, 11) is -2.16. The van der Waals surface area contributed by atoms with Crippen LogP contribution in [0.5, 0.6) is 0 Å². The van der Waals surface area contributed by atoms with Gasteiger partial charge in [0.1, 0.15) is 11.9 Å². The molecule has 2 aromatic carbocycles. The predicted molar refractivity (Wildman–Crippen MR) is 129 cm³/mol. The molecule has 3 rings (SSSR count). The van der Waals surface area contributed by atoms with Crippen molar-refractivity contribution in [3.05, 3.63) is 59.2 Å². The van der Waals surface area contributed by atoms with E-state index < -0.39 is 16.1 Å². The Hall–Kier alpha value is -3.20. The van der Waals surface area contributed by atoms with Crippen LogP contribution in [-0.2, 0) is 19.6 Å². The first-order valence-corrected chi connectivity index (χ1v) is 12.3. The first kappa shape index (κ1) is 24.4. The Kier molecular flexibility index (Phi) is 7.22. The van der Waals surface area contributed by atoms with Crippen molar-refractivity contribution in [2.45, 2.75) is 45.1 Å². The number of sulfonamides is 1. The highest BCUT2D eigenvalue weighted by molar-refractivity contribution is 7.90. The maximum absolute atomic E-state index is 13.3. The fourth-order valence-corrected chi connectivity index (χ4v) is 4.85. The molecule has 9 heteroatoms. The number of anilines is 1. The van der Waals surface area contributed by atoms with Crippen molar-refractivity contribution in [2.24, 2.45) is 10.9 Å². The Bertz CT molecular complexity index is 1210. The van der Waals surface area contributed by atoms with Crippen molar-refractivity contribution in [3.63, 3.8) is 0 Å². The largest absolute Gasteiger partial charge is 0.335 e. The normalized spacial score (nSPS) is 17.1. The smallest absolute Gasteiger partial charge is 0.263 e. The molecule has 0 aromatic heterocycles. The van der Waals surface area contributed by atoms with E-state index in [0.717, 1.165) is 11.1 Å². The lowest BCUT2D eigenvalue weighted by molar-refractivity contribution is -0.135. The van der Waals surface area contributed by atoms with Gasteiger partial charge in [0.25, 0.3) is 10.0 Å². The van der Waals surface area contributed by atoms with Crippen molar-refractivity contribution >= 4 is 33.4 Å². The van der Waals surface area contributed by atoms with Gasteiger partial charge >= 0.3 is 0 Å². The Balaban J connectivity index is 1.80. The minimum Gasteiger partial charge on any atom is -0.335 e. The summed E-state index contributed by atoms with van der Waals surface area (Å²) < 4.78 is 27.3. The molecule has 0 spiro atoms. The van der Waals surface area contributed by atoms with Gasteiger partial charge in [0.05, 0.1) is 11.4 Å². The zero-order valence-corrected chi connectivity index (χ0v) is 20.4. The monoisotopic (exact) mass is 470 g/mol. The molecule has 2 N–H and O–H groups in total. The van der Waals surface area contributed by atoms with Gasteiger partial charge in [-0.2, -0.15) is 0 Å². The number of carbonyl (C=O) groups excluding carboxylic acids is 2. The van der Waals surface area contributed by atoms with Gasteiger partial charge in [-0.05, 0) is 49.1 Å². The number of fused-ring (bicyclic) bond motifs is 1. The number of nitrogens with one attached hydrogen (secondary N) is 2. The third kappa shape index (κ3) is 5.24. The molecule has 2 aromatic rings. The molecule has 2 amide bonds. The highest BCUT2D eigenvalue weighted by Crippen LogP contribution is 2.24. The van der Waals surface area contributed by atoms with E-state index in [9.17, 15) is 18.0 Å². The first-order valence-electron chi connectivity index (χ1n) is 10.9. The number of benzene rings is 2. The zero-order valence-electron chi connectivity index (χ0n) is 19.5. The summed E-state index contributed by atoms with van der Waals surface area (Å²) in [6.45, 7) is 7.56. The summed E-state index contributed by atoms with van der Waals surface area (Å²) >= 11 is 0. The Morgan fingerprint density at radius 2 is 1.82 bits per heavy atom. The molecule has 33 heavy (non-hydrogen) atoms. The van der Waals surface area contributed by atoms with Crippen LogP contribution >= 0.6 is 0 Å². The summed E-state index contributed by atoms with van der Waals surface area (Å²) in [6, 6.07) is 11.3. The molecular formula is C24H30N4O4S. The number of aryl methyl sites for hydroxylation is 1. The predicted octanol–water partition coefficient (Wildman–Crippen LogP) is 2.85. The number of likely N-dealkylation sites (N-methyl/N-ethyl adjacent to an activating group) is 1. The number of amidine groups is 1. The van der Waals surface area contributed by atoms with Gasteiger partial charge in [0.15, 0.2) is 0 Å². The van der Waals surface area contributed by atoms with Crippen LogP contribution in [0.4, 0.5) is 5.69 Å². The highest BCUT2D eigenvalue weighted by Gasteiger charge is 2.34. The molecule has 0 saturated heterocycles. The van der Waals surface area contributed by atoms with Crippen molar-refractivity contribution < 1.29 is 18.0 Å². The summed E-state index contributed by atoms with van der Waals surface area (Å²) in [5, 5.41) is 2.86. The van der Waals surface area contributed by atoms with Gasteiger partial charge in [-0.3, -0.25) is 19.3 Å². The second-order valence-corrected chi connectivity index (χ2v) is 10.1. The van der Waals surface area contributed by atoms with E-state index in [1.165, 1.54) is 11.0 Å². The van der Waals surface area contributed by atoms with Crippen LogP contribution < -0.4 is 10.0 Å². The number of hydrogen-bond acceptors (Lipinski definition) is 5. The van der Waals surface area contributed by atoms with Crippen molar-refractivity contribution in [1.29, 1.82) is 0 Å². The first-order chi connectivity index (χ1) is 15.5. The van der Waals surface area contributed by atoms with E-state index in [4.69, 9.17) is 0 Å². The molecular weight excluding hydrogens is 440 g/mol. The van der Waals surface area contributed by atoms with Crippen LogP contribution in [0.25, 0.3) is 0 Å². The molecule has 0 aliphatic carbocycles. The Morgan fingerprint density at radius 1 is 1.12 bits per heavy atom. The third-order valence-corrected chi connectivity index (χ3v) is 7.40. The van der Waals surface area contributed by atoms with E-state index >= 15 is 0 Å². The lowest BCUT2D eigenvalue weighted by atomic mass is 9.98. The highest BCUT2D eigenvalue weighted by atomic mass is 32.2. The summed E-state index contributed by atoms with van der Waals surface area (Å²) in [5.74, 6) is -0.678. The second kappa shape index (κ2) is 9.74. The molecule has 0 saturated carbocycles. The molecule has 176 valence electrons. The third-order valence-electron chi connectivity index (χ3n) is 6.00. The lowest BCUT2D eigenvalue weighted by Gasteiger charge is -2.25. The van der Waals surface area contributed by atoms with Gasteiger partial charge in [0.2, 0.25) is 11.8 Å². The molecule has 0 unspecified atom stereocenters. The molecule has 8 nitrogen and oxygen atoms in total. The average Bonchev–Trinajstić information content (AvgIpc) is 3.04. The lowest BCUT2D eigenvalue weighted by Crippen LogP contribution is -2.43. The van der Waals surface area contributed by atoms with Crippen LogP contribution in [-0.4, -0.2) is 50.6 Å². The van der Waals surface area contributed by atoms with Gasteiger partial charge in [-0.15, -0.1) is 0 Å². The van der Waals surface area contributed by atoms with E-state index in [1.807, 2.05) is 45.9 Å². The van der Waals surface area contributed by atoms with Gasteiger partial charge in [-0.25, -0.2) is 8.42 Å². The topological polar surface area (TPSA) is 108 Å². The van der Waals surface area contributed by atoms with E-state index in [-0.39, 0.29) is 35.0 Å². The van der Waals surface area contributed by atoms with Crippen molar-refractivity contribution in [3.8, 4) is 0 Å². The standard InChI is InChI=1S/C24H30N4O4S/c1-6-15(2)22(26-23-18-11-7-8-13-20(18)33(31,32)27-23)24(30)28(5)14-21(29)25-19-12-9-10-16(3)17(19)4/h7-13,15,22H,6,14H2,1-5H3,(H,25,29)(H,26,27)/t15-,22-/m0/s1. The zero-order chi connectivity index (χ0) is 24.3. The van der Waals surface area contributed by atoms with Crippen molar-refractivity contribution in [1.82, 2.24) is 9.62 Å². The Morgan fingerprint density at radius 3 is 2.52 bits per heavy atom. The van der Waals surface area contributed by atoms with Gasteiger partial charge in [0, 0.05) is 18.3 Å². The van der Waals surface area contributed by atoms with E-state index in [2.05, 4.69) is 15.0 Å². The number of aliphatic imine (C=N–C) groups is 1. The molecule has 1 aliphatic rings. The molecule has 1 aliphatic heterocycles. The molecule has 0 fully saturated rings. The van der Waals surface area contributed by atoms with Gasteiger partial charge < -0.3 is 10.2 Å². The average molecular weight is 471 g/mol. The number of amides is 2. The minimum absolute atomic E-state index is 0.139.